The van der Waals surface area contributed by atoms with Crippen LogP contribution < -0.4 is 15.8 Å². The summed E-state index contributed by atoms with van der Waals surface area (Å²) < 4.78 is 8.08. The number of nitrogens with one attached hydrogen (secondary N) is 1. The van der Waals surface area contributed by atoms with E-state index in [1.807, 2.05) is 19.2 Å². The van der Waals surface area contributed by atoms with E-state index in [4.69, 9.17) is 10.5 Å². The number of para-hydroxylation sites is 1. The van der Waals surface area contributed by atoms with Crippen LogP contribution in [-0.2, 0) is 13.1 Å². The van der Waals surface area contributed by atoms with E-state index in [1.54, 1.807) is 10.9 Å². The van der Waals surface area contributed by atoms with Crippen LogP contribution in [0.1, 0.15) is 58.4 Å². The van der Waals surface area contributed by atoms with Crippen molar-refractivity contribution in [3.05, 3.63) is 88.5 Å². The molecule has 1 saturated carbocycles. The molecule has 2 heterocycles. The Morgan fingerprint density at radius 2 is 2.11 bits per heavy atom. The van der Waals surface area contributed by atoms with Gasteiger partial charge in [-0.1, -0.05) is 31.2 Å². The first-order chi connectivity index (χ1) is 17.9. The molecule has 2 aliphatic rings. The van der Waals surface area contributed by atoms with Crippen LogP contribution in [0.3, 0.4) is 0 Å². The van der Waals surface area contributed by atoms with E-state index < -0.39 is 5.97 Å². The SMILES string of the molecule is CC[C@@H]1CN(Cc2cc(-n3ncc(C(=O)O)c3[C@@H]3CC3/C(N)=C/NC)ccc2C)Cc2ccccc2O1. The predicted octanol–water partition coefficient (Wildman–Crippen LogP) is 4.18. The average Bonchev–Trinajstić information content (AvgIpc) is 3.59. The monoisotopic (exact) mass is 501 g/mol. The van der Waals surface area contributed by atoms with Gasteiger partial charge in [0.05, 0.1) is 17.6 Å². The van der Waals surface area contributed by atoms with Gasteiger partial charge in [0, 0.05) is 56.0 Å². The first kappa shape index (κ1) is 24.9. The summed E-state index contributed by atoms with van der Waals surface area (Å²) in [6, 6.07) is 14.5. The van der Waals surface area contributed by atoms with Crippen molar-refractivity contribution in [2.75, 3.05) is 13.6 Å². The third-order valence-corrected chi connectivity index (χ3v) is 7.47. The summed E-state index contributed by atoms with van der Waals surface area (Å²) in [5.41, 5.74) is 12.3. The first-order valence-corrected chi connectivity index (χ1v) is 12.9. The fourth-order valence-corrected chi connectivity index (χ4v) is 5.32. The normalized spacial score (nSPS) is 21.6. The lowest BCUT2D eigenvalue weighted by molar-refractivity contribution is 0.0695. The standard InChI is InChI=1S/C29H35N5O3/c1-4-22-17-33(15-19-7-5-6-8-27(19)37-22)16-20-11-21(10-9-18(20)2)34-28(25(13-32-34)29(35)36)24-12-23(24)26(30)14-31-3/h5-11,13-14,22-24,31H,4,12,15-17,30H2,1-3H3,(H,35,36)/b26-14-/t22-,23?,24-/m1/s1. The van der Waals surface area contributed by atoms with E-state index in [9.17, 15) is 9.90 Å². The van der Waals surface area contributed by atoms with Gasteiger partial charge in [-0.05, 0) is 49.1 Å². The lowest BCUT2D eigenvalue weighted by atomic mass is 10.1. The van der Waals surface area contributed by atoms with Gasteiger partial charge in [0.1, 0.15) is 17.4 Å². The molecule has 0 spiro atoms. The molecular formula is C29H35N5O3. The molecular weight excluding hydrogens is 466 g/mol. The lowest BCUT2D eigenvalue weighted by Crippen LogP contribution is -2.32. The van der Waals surface area contributed by atoms with Gasteiger partial charge in [-0.15, -0.1) is 0 Å². The molecule has 3 atom stereocenters. The van der Waals surface area contributed by atoms with Gasteiger partial charge >= 0.3 is 5.97 Å². The molecule has 194 valence electrons. The van der Waals surface area contributed by atoms with Crippen LogP contribution in [0.15, 0.2) is 60.6 Å². The summed E-state index contributed by atoms with van der Waals surface area (Å²) in [6.45, 7) is 6.69. The molecule has 3 aromatic rings. The number of aromatic nitrogens is 2. The van der Waals surface area contributed by atoms with Crippen molar-refractivity contribution in [1.82, 2.24) is 20.0 Å². The van der Waals surface area contributed by atoms with E-state index in [0.29, 0.717) is 5.69 Å². The van der Waals surface area contributed by atoms with Crippen molar-refractivity contribution in [2.45, 2.75) is 51.8 Å². The Morgan fingerprint density at radius 1 is 1.30 bits per heavy atom. The molecule has 37 heavy (non-hydrogen) atoms. The third-order valence-electron chi connectivity index (χ3n) is 7.47. The molecule has 0 amide bonds. The second-order valence-electron chi connectivity index (χ2n) is 10.1. The molecule has 0 bridgehead atoms. The number of benzene rings is 2. The predicted molar refractivity (Wildman–Crippen MR) is 143 cm³/mol. The maximum absolute atomic E-state index is 12.0. The molecule has 1 fully saturated rings. The fraction of sp³-hybridized carbons (Fsp3) is 0.379. The molecule has 5 rings (SSSR count). The highest BCUT2D eigenvalue weighted by Gasteiger charge is 2.45. The van der Waals surface area contributed by atoms with Crippen LogP contribution in [0, 0.1) is 12.8 Å². The number of ether oxygens (including phenoxy) is 1. The zero-order valence-electron chi connectivity index (χ0n) is 21.6. The van der Waals surface area contributed by atoms with Crippen molar-refractivity contribution in [1.29, 1.82) is 0 Å². The van der Waals surface area contributed by atoms with E-state index in [0.717, 1.165) is 49.6 Å². The Morgan fingerprint density at radius 3 is 2.86 bits per heavy atom. The van der Waals surface area contributed by atoms with Crippen molar-refractivity contribution in [3.63, 3.8) is 0 Å². The van der Waals surface area contributed by atoms with E-state index in [2.05, 4.69) is 59.5 Å². The Balaban J connectivity index is 1.46. The summed E-state index contributed by atoms with van der Waals surface area (Å²) >= 11 is 0. The van der Waals surface area contributed by atoms with E-state index >= 15 is 0 Å². The average molecular weight is 502 g/mol. The Bertz CT molecular complexity index is 1330. The number of aryl methyl sites for hydroxylation is 1. The van der Waals surface area contributed by atoms with E-state index in [-0.39, 0.29) is 23.5 Å². The number of carboxylic acids is 1. The molecule has 1 aromatic heterocycles. The number of carboxylic acid groups (broad SMARTS) is 1. The lowest BCUT2D eigenvalue weighted by Gasteiger charge is -2.24. The number of nitrogens with zero attached hydrogens (tertiary/aromatic N) is 3. The van der Waals surface area contributed by atoms with Gasteiger partial charge in [0.25, 0.3) is 0 Å². The summed E-state index contributed by atoms with van der Waals surface area (Å²) in [6.07, 6.45) is 5.11. The highest BCUT2D eigenvalue weighted by atomic mass is 16.5. The zero-order chi connectivity index (χ0) is 26.1. The Labute approximate surface area is 217 Å². The second kappa shape index (κ2) is 10.3. The zero-order valence-corrected chi connectivity index (χ0v) is 21.6. The number of hydrogen-bond acceptors (Lipinski definition) is 6. The number of nitrogens with two attached hydrogens (primary N) is 1. The quantitative estimate of drug-likeness (QED) is 0.425. The molecule has 4 N–H and O–H groups in total. The Kier molecular flexibility index (Phi) is 6.93. The largest absolute Gasteiger partial charge is 0.489 e. The highest BCUT2D eigenvalue weighted by Crippen LogP contribution is 2.51. The molecule has 8 nitrogen and oxygen atoms in total. The minimum absolute atomic E-state index is 0.0209. The molecule has 1 aliphatic heterocycles. The maximum Gasteiger partial charge on any atom is 0.339 e. The van der Waals surface area contributed by atoms with Gasteiger partial charge < -0.3 is 20.9 Å². The first-order valence-electron chi connectivity index (χ1n) is 12.9. The molecule has 1 aliphatic carbocycles. The van der Waals surface area contributed by atoms with Gasteiger partial charge in [0.15, 0.2) is 0 Å². The highest BCUT2D eigenvalue weighted by molar-refractivity contribution is 5.89. The number of aromatic carboxylic acids is 1. The van der Waals surface area contributed by atoms with Gasteiger partial charge in [-0.25, -0.2) is 9.48 Å². The maximum atomic E-state index is 12.0. The molecule has 0 saturated heterocycles. The van der Waals surface area contributed by atoms with Gasteiger partial charge in [-0.3, -0.25) is 4.90 Å². The summed E-state index contributed by atoms with van der Waals surface area (Å²) in [4.78, 5) is 14.5. The van der Waals surface area contributed by atoms with Crippen LogP contribution >= 0.6 is 0 Å². The smallest absolute Gasteiger partial charge is 0.339 e. The third kappa shape index (κ3) is 5.06. The molecule has 2 aromatic carbocycles. The number of rotatable bonds is 8. The minimum atomic E-state index is -0.968. The summed E-state index contributed by atoms with van der Waals surface area (Å²) in [5.74, 6) is 0.126. The van der Waals surface area contributed by atoms with Gasteiger partial charge in [-0.2, -0.15) is 5.10 Å². The van der Waals surface area contributed by atoms with Crippen LogP contribution in [-0.4, -0.2) is 45.5 Å². The van der Waals surface area contributed by atoms with Crippen LogP contribution in [0.25, 0.3) is 5.69 Å². The Hall–Kier alpha value is -3.78. The minimum Gasteiger partial charge on any atom is -0.489 e. The second-order valence-corrected chi connectivity index (χ2v) is 10.1. The molecule has 1 unspecified atom stereocenters. The number of carbonyl (C=O) groups is 1. The fourth-order valence-electron chi connectivity index (χ4n) is 5.32. The number of hydrogen-bond donors (Lipinski definition) is 3. The van der Waals surface area contributed by atoms with Crippen molar-refractivity contribution >= 4 is 5.97 Å². The van der Waals surface area contributed by atoms with Crippen LogP contribution in [0.5, 0.6) is 5.75 Å². The summed E-state index contributed by atoms with van der Waals surface area (Å²) in [5, 5.41) is 17.4. The van der Waals surface area contributed by atoms with Gasteiger partial charge in [0.2, 0.25) is 0 Å². The van der Waals surface area contributed by atoms with Crippen molar-refractivity contribution in [3.8, 4) is 11.4 Å². The molecule has 8 heteroatoms. The van der Waals surface area contributed by atoms with Crippen LogP contribution in [0.2, 0.25) is 0 Å². The number of fused-ring (bicyclic) bond motifs is 1. The van der Waals surface area contributed by atoms with Crippen molar-refractivity contribution in [2.24, 2.45) is 11.7 Å². The van der Waals surface area contributed by atoms with Crippen molar-refractivity contribution < 1.29 is 14.6 Å². The van der Waals surface area contributed by atoms with E-state index in [1.165, 1.54) is 22.9 Å². The molecule has 0 radical (unpaired) electrons. The number of allylic oxidation sites excluding steroid dienone is 1. The topological polar surface area (TPSA) is 106 Å². The van der Waals surface area contributed by atoms with Crippen LogP contribution in [0.4, 0.5) is 0 Å². The summed E-state index contributed by atoms with van der Waals surface area (Å²) in [7, 11) is 1.81.